The van der Waals surface area contributed by atoms with E-state index in [-0.39, 0.29) is 52.9 Å². The Morgan fingerprint density at radius 3 is 2.74 bits per heavy atom. The Kier molecular flexibility index (Phi) is 6.18. The summed E-state index contributed by atoms with van der Waals surface area (Å²) in [6.07, 6.45) is 1.51. The van der Waals surface area contributed by atoms with E-state index < -0.39 is 15.6 Å². The Hall–Kier alpha value is -1.87. The number of hydrogen-bond donors (Lipinski definition) is 1. The van der Waals surface area contributed by atoms with Gasteiger partial charge in [0, 0.05) is 25.8 Å². The van der Waals surface area contributed by atoms with Crippen LogP contribution < -0.4 is 5.32 Å². The highest BCUT2D eigenvalue weighted by molar-refractivity contribution is 8.00. The molecule has 2 atom stereocenters. The number of halogens is 2. The van der Waals surface area contributed by atoms with Crippen LogP contribution in [0.25, 0.3) is 0 Å². The van der Waals surface area contributed by atoms with Crippen molar-refractivity contribution in [2.24, 2.45) is 0 Å². The Balaban J connectivity index is 1.66. The van der Waals surface area contributed by atoms with Crippen molar-refractivity contribution < 1.29 is 17.9 Å². The minimum absolute atomic E-state index is 0.0264. The lowest BCUT2D eigenvalue weighted by molar-refractivity contribution is -0.141. The molecule has 0 aliphatic carbocycles. The van der Waals surface area contributed by atoms with Gasteiger partial charge in [-0.05, 0) is 30.3 Å². The van der Waals surface area contributed by atoms with E-state index in [0.717, 1.165) is 0 Å². The quantitative estimate of drug-likeness (QED) is 0.687. The number of morpholine rings is 1. The van der Waals surface area contributed by atoms with Gasteiger partial charge in [-0.3, -0.25) is 4.79 Å². The van der Waals surface area contributed by atoms with E-state index >= 15 is 0 Å². The van der Waals surface area contributed by atoms with E-state index in [2.05, 4.69) is 10.3 Å². The number of nitriles is 1. The lowest BCUT2D eigenvalue weighted by Crippen LogP contribution is -2.58. The number of thioether (sulfide) groups is 1. The van der Waals surface area contributed by atoms with Crippen LogP contribution in [0.2, 0.25) is 10.0 Å². The fourth-order valence-corrected chi connectivity index (χ4v) is 6.99. The number of benzene rings is 1. The third-order valence-electron chi connectivity index (χ3n) is 5.12. The first-order valence-electron chi connectivity index (χ1n) is 9.12. The lowest BCUT2D eigenvalue weighted by Gasteiger charge is -2.37. The maximum atomic E-state index is 13.4. The minimum Gasteiger partial charge on any atom is -0.361 e. The number of sulfonamides is 1. The van der Waals surface area contributed by atoms with Crippen molar-refractivity contribution in [3.05, 3.63) is 52.1 Å². The van der Waals surface area contributed by atoms with Crippen LogP contribution >= 0.6 is 35.0 Å². The zero-order chi connectivity index (χ0) is 22.2. The molecule has 31 heavy (non-hydrogen) atoms. The SMILES string of the molecule is N#Cc1ccc(S(=O)(=O)N2C[C@H](Sc3ccc(Cl)cn3)[C@@]3(CNC(=O)CO3)C2)c(Cl)c1. The first kappa shape index (κ1) is 22.3. The largest absolute Gasteiger partial charge is 0.361 e. The molecule has 8 nitrogen and oxygen atoms in total. The monoisotopic (exact) mass is 498 g/mol. The highest BCUT2D eigenvalue weighted by Crippen LogP contribution is 2.41. The average molecular weight is 499 g/mol. The van der Waals surface area contributed by atoms with E-state index in [1.165, 1.54) is 40.5 Å². The van der Waals surface area contributed by atoms with Gasteiger partial charge in [-0.25, -0.2) is 13.4 Å². The molecule has 1 aromatic heterocycles. The van der Waals surface area contributed by atoms with Crippen LogP contribution in [-0.2, 0) is 19.6 Å². The molecule has 2 aliphatic rings. The number of aromatic nitrogens is 1. The molecular weight excluding hydrogens is 483 g/mol. The van der Waals surface area contributed by atoms with Gasteiger partial charge in [0.25, 0.3) is 0 Å². The van der Waals surface area contributed by atoms with Crippen LogP contribution in [0.4, 0.5) is 0 Å². The van der Waals surface area contributed by atoms with Crippen molar-refractivity contribution in [3.8, 4) is 6.07 Å². The Bertz CT molecular complexity index is 1160. The number of carbonyl (C=O) groups excluding carboxylic acids is 1. The predicted molar refractivity (Wildman–Crippen MR) is 116 cm³/mol. The normalized spacial score (nSPS) is 24.2. The molecule has 1 aromatic carbocycles. The third kappa shape index (κ3) is 4.39. The van der Waals surface area contributed by atoms with Crippen LogP contribution in [0, 0.1) is 11.3 Å². The molecule has 4 rings (SSSR count). The van der Waals surface area contributed by atoms with Gasteiger partial charge in [-0.1, -0.05) is 35.0 Å². The molecule has 1 amide bonds. The van der Waals surface area contributed by atoms with Gasteiger partial charge in [0.2, 0.25) is 15.9 Å². The lowest BCUT2D eigenvalue weighted by atomic mass is 10.0. The Morgan fingerprint density at radius 2 is 2.13 bits per heavy atom. The summed E-state index contributed by atoms with van der Waals surface area (Å²) in [6, 6.07) is 9.44. The molecule has 2 fully saturated rings. The van der Waals surface area contributed by atoms with Gasteiger partial charge < -0.3 is 10.1 Å². The van der Waals surface area contributed by atoms with E-state index in [0.29, 0.717) is 10.0 Å². The van der Waals surface area contributed by atoms with E-state index in [4.69, 9.17) is 33.2 Å². The summed E-state index contributed by atoms with van der Waals surface area (Å²) in [5.41, 5.74) is -0.658. The standard InChI is InChI=1S/C19H16Cl2N4O4S2/c20-13-2-4-18(23-7-13)30-16-8-25(11-19(16)10-24-17(26)9-29-19)31(27,28)15-3-1-12(6-22)5-14(15)21/h1-5,7,16H,8-11H2,(H,24,26)/t16-,19+/m0/s1. The van der Waals surface area contributed by atoms with Crippen LogP contribution in [0.3, 0.4) is 0 Å². The summed E-state index contributed by atoms with van der Waals surface area (Å²) in [6.45, 7) is 0.182. The first-order valence-corrected chi connectivity index (χ1v) is 12.2. The fourth-order valence-electron chi connectivity index (χ4n) is 3.51. The number of hydrogen-bond acceptors (Lipinski definition) is 7. The van der Waals surface area contributed by atoms with Crippen LogP contribution in [-0.4, -0.2) is 60.7 Å². The number of pyridine rings is 1. The molecule has 0 unspecified atom stereocenters. The molecule has 1 spiro atoms. The zero-order valence-corrected chi connectivity index (χ0v) is 19.1. The van der Waals surface area contributed by atoms with Crippen molar-refractivity contribution in [3.63, 3.8) is 0 Å². The molecule has 2 aliphatic heterocycles. The van der Waals surface area contributed by atoms with Crippen molar-refractivity contribution in [1.82, 2.24) is 14.6 Å². The zero-order valence-electron chi connectivity index (χ0n) is 15.9. The van der Waals surface area contributed by atoms with Crippen LogP contribution in [0.5, 0.6) is 0 Å². The maximum absolute atomic E-state index is 13.4. The Morgan fingerprint density at radius 1 is 1.32 bits per heavy atom. The molecule has 3 heterocycles. The van der Waals surface area contributed by atoms with Gasteiger partial charge in [0.05, 0.1) is 32.0 Å². The molecule has 0 bridgehead atoms. The first-order chi connectivity index (χ1) is 14.7. The van der Waals surface area contributed by atoms with Gasteiger partial charge in [0.15, 0.2) is 0 Å². The number of amides is 1. The van der Waals surface area contributed by atoms with Gasteiger partial charge in [0.1, 0.15) is 17.1 Å². The van der Waals surface area contributed by atoms with E-state index in [1.807, 2.05) is 6.07 Å². The van der Waals surface area contributed by atoms with Crippen molar-refractivity contribution in [1.29, 1.82) is 5.26 Å². The smallest absolute Gasteiger partial charge is 0.246 e. The molecule has 12 heteroatoms. The Labute approximate surface area is 193 Å². The summed E-state index contributed by atoms with van der Waals surface area (Å²) in [5, 5.41) is 12.6. The highest BCUT2D eigenvalue weighted by Gasteiger charge is 2.53. The molecule has 0 saturated carbocycles. The predicted octanol–water partition coefficient (Wildman–Crippen LogP) is 2.31. The van der Waals surface area contributed by atoms with Crippen LogP contribution in [0.1, 0.15) is 5.56 Å². The average Bonchev–Trinajstić information content (AvgIpc) is 3.10. The summed E-state index contributed by atoms with van der Waals surface area (Å²) >= 11 is 13.4. The number of carbonyl (C=O) groups is 1. The van der Waals surface area contributed by atoms with Gasteiger partial charge in [-0.2, -0.15) is 9.57 Å². The second kappa shape index (κ2) is 8.58. The summed E-state index contributed by atoms with van der Waals surface area (Å²) in [7, 11) is -3.97. The van der Waals surface area contributed by atoms with E-state index in [9.17, 15) is 13.2 Å². The molecule has 162 valence electrons. The minimum atomic E-state index is -3.97. The maximum Gasteiger partial charge on any atom is 0.246 e. The highest BCUT2D eigenvalue weighted by atomic mass is 35.5. The van der Waals surface area contributed by atoms with Crippen LogP contribution in [0.15, 0.2) is 46.5 Å². The second-order valence-electron chi connectivity index (χ2n) is 7.11. The van der Waals surface area contributed by atoms with E-state index in [1.54, 1.807) is 12.1 Å². The van der Waals surface area contributed by atoms with Crippen molar-refractivity contribution in [2.45, 2.75) is 20.8 Å². The molecular formula is C19H16Cl2N4O4S2. The molecule has 0 radical (unpaired) electrons. The van der Waals surface area contributed by atoms with Crippen molar-refractivity contribution in [2.75, 3.05) is 26.2 Å². The molecule has 2 saturated heterocycles. The summed E-state index contributed by atoms with van der Waals surface area (Å²) in [5.74, 6) is -0.254. The number of nitrogens with zero attached hydrogens (tertiary/aromatic N) is 3. The number of nitrogens with one attached hydrogen (secondary N) is 1. The molecule has 2 aromatic rings. The topological polar surface area (TPSA) is 112 Å². The van der Waals surface area contributed by atoms with Gasteiger partial charge in [-0.15, -0.1) is 0 Å². The van der Waals surface area contributed by atoms with Gasteiger partial charge >= 0.3 is 0 Å². The third-order valence-corrected chi connectivity index (χ3v) is 8.98. The summed E-state index contributed by atoms with van der Waals surface area (Å²) in [4.78, 5) is 15.9. The number of rotatable bonds is 4. The van der Waals surface area contributed by atoms with Crippen molar-refractivity contribution >= 4 is 50.9 Å². The summed E-state index contributed by atoms with van der Waals surface area (Å²) < 4.78 is 33.9. The fraction of sp³-hybridized carbons (Fsp3) is 0.316. The second-order valence-corrected chi connectivity index (χ2v) is 11.1. The number of ether oxygens (including phenoxy) is 1. The molecule has 1 N–H and O–H groups in total.